The van der Waals surface area contributed by atoms with Crippen LogP contribution in [0, 0.1) is 5.92 Å². The average molecular weight is 290 g/mol. The second-order valence-corrected chi connectivity index (χ2v) is 6.02. The van der Waals surface area contributed by atoms with Gasteiger partial charge < -0.3 is 5.32 Å². The average Bonchev–Trinajstić information content (AvgIpc) is 2.55. The molecule has 0 saturated heterocycles. The van der Waals surface area contributed by atoms with Crippen molar-refractivity contribution in [2.75, 3.05) is 6.54 Å². The molecule has 3 heteroatoms. The zero-order valence-electron chi connectivity index (χ0n) is 12.4. The Hall–Kier alpha value is -2.26. The molecular formula is C19H18N2O. The number of para-hydroxylation sites is 1. The Morgan fingerprint density at radius 3 is 3.00 bits per heavy atom. The Morgan fingerprint density at radius 1 is 1.14 bits per heavy atom. The molecule has 4 rings (SSSR count). The first-order valence-corrected chi connectivity index (χ1v) is 7.80. The summed E-state index contributed by atoms with van der Waals surface area (Å²) in [7, 11) is 0. The largest absolute Gasteiger partial charge is 0.312 e. The number of nitrogens with one attached hydrogen (secondary N) is 1. The minimum absolute atomic E-state index is 0.0295. The van der Waals surface area contributed by atoms with Gasteiger partial charge in [-0.05, 0) is 47.4 Å². The third-order valence-electron chi connectivity index (χ3n) is 4.48. The molecule has 22 heavy (non-hydrogen) atoms. The van der Waals surface area contributed by atoms with Gasteiger partial charge >= 0.3 is 0 Å². The minimum Gasteiger partial charge on any atom is -0.312 e. The second kappa shape index (κ2) is 5.50. The summed E-state index contributed by atoms with van der Waals surface area (Å²) >= 11 is 0. The smallest absolute Gasteiger partial charge is 0.253 e. The lowest BCUT2D eigenvalue weighted by Crippen LogP contribution is -2.34. The van der Waals surface area contributed by atoms with Crippen molar-refractivity contribution in [3.05, 3.63) is 69.7 Å². The van der Waals surface area contributed by atoms with E-state index >= 15 is 0 Å². The van der Waals surface area contributed by atoms with Gasteiger partial charge in [-0.3, -0.25) is 4.79 Å². The molecule has 1 amide bonds. The van der Waals surface area contributed by atoms with E-state index < -0.39 is 0 Å². The molecule has 0 bridgehead atoms. The Kier molecular flexibility index (Phi) is 3.35. The number of fused-ring (bicyclic) bond motifs is 2. The van der Waals surface area contributed by atoms with E-state index in [1.54, 1.807) is 0 Å². The number of carbonyl (C=O) groups excluding carboxylic acids is 1. The molecule has 2 heterocycles. The van der Waals surface area contributed by atoms with Crippen molar-refractivity contribution in [3.8, 4) is 0 Å². The zero-order chi connectivity index (χ0) is 14.9. The summed E-state index contributed by atoms with van der Waals surface area (Å²) in [6, 6.07) is 14.4. The van der Waals surface area contributed by atoms with Crippen molar-refractivity contribution in [2.24, 2.45) is 10.9 Å². The van der Waals surface area contributed by atoms with E-state index in [-0.39, 0.29) is 11.8 Å². The molecule has 1 unspecified atom stereocenters. The van der Waals surface area contributed by atoms with Gasteiger partial charge in [0.2, 0.25) is 0 Å². The molecule has 3 nitrogen and oxygen atoms in total. The van der Waals surface area contributed by atoms with Gasteiger partial charge in [-0.15, -0.1) is 0 Å². The standard InChI is InChI=1S/C19H18N2O/c22-19-17(11-15-3-1-2-4-18(15)21-19)10-13-5-6-16-12-20-8-7-14(16)9-13/h1-6,9,11,17,20H,7-8,10,12H2. The van der Waals surface area contributed by atoms with Crippen LogP contribution in [-0.4, -0.2) is 12.5 Å². The molecule has 2 aliphatic rings. The lowest BCUT2D eigenvalue weighted by atomic mass is 9.92. The van der Waals surface area contributed by atoms with Crippen LogP contribution in [0.15, 0.2) is 47.5 Å². The first-order valence-electron chi connectivity index (χ1n) is 7.80. The van der Waals surface area contributed by atoms with Crippen molar-refractivity contribution < 1.29 is 4.79 Å². The first-order chi connectivity index (χ1) is 10.8. The molecule has 0 radical (unpaired) electrons. The molecule has 2 aromatic carbocycles. The van der Waals surface area contributed by atoms with E-state index in [1.807, 2.05) is 24.3 Å². The SMILES string of the molecule is O=C1N=c2ccccc2=CC1Cc1ccc2c(c1)CCNC2. The van der Waals surface area contributed by atoms with Crippen molar-refractivity contribution in [2.45, 2.75) is 19.4 Å². The van der Waals surface area contributed by atoms with Crippen LogP contribution in [-0.2, 0) is 24.2 Å². The molecule has 0 fully saturated rings. The van der Waals surface area contributed by atoms with Gasteiger partial charge in [0.25, 0.3) is 5.91 Å². The van der Waals surface area contributed by atoms with E-state index in [1.165, 1.54) is 16.7 Å². The maximum absolute atomic E-state index is 12.2. The lowest BCUT2D eigenvalue weighted by molar-refractivity contribution is -0.120. The minimum atomic E-state index is -0.144. The summed E-state index contributed by atoms with van der Waals surface area (Å²) in [5.41, 5.74) is 4.02. The molecule has 0 spiro atoms. The number of nitrogens with zero attached hydrogens (tertiary/aromatic N) is 1. The topological polar surface area (TPSA) is 41.5 Å². The third kappa shape index (κ3) is 2.48. The predicted molar refractivity (Wildman–Crippen MR) is 85.7 cm³/mol. The van der Waals surface area contributed by atoms with Gasteiger partial charge in [0.15, 0.2) is 0 Å². The van der Waals surface area contributed by atoms with Gasteiger partial charge in [0, 0.05) is 6.54 Å². The van der Waals surface area contributed by atoms with Crippen molar-refractivity contribution in [3.63, 3.8) is 0 Å². The second-order valence-electron chi connectivity index (χ2n) is 6.02. The highest BCUT2D eigenvalue weighted by atomic mass is 16.1. The Labute approximate surface area is 129 Å². The molecule has 1 atom stereocenters. The number of hydrogen-bond acceptors (Lipinski definition) is 2. The fourth-order valence-corrected chi connectivity index (χ4v) is 3.28. The third-order valence-corrected chi connectivity index (χ3v) is 4.48. The van der Waals surface area contributed by atoms with Crippen molar-refractivity contribution in [1.82, 2.24) is 5.32 Å². The monoisotopic (exact) mass is 290 g/mol. The number of amides is 1. The molecule has 0 aliphatic carbocycles. The van der Waals surface area contributed by atoms with E-state index in [2.05, 4.69) is 34.6 Å². The summed E-state index contributed by atoms with van der Waals surface area (Å²) in [5.74, 6) is -0.173. The van der Waals surface area contributed by atoms with Crippen LogP contribution in [0.5, 0.6) is 0 Å². The van der Waals surface area contributed by atoms with Crippen LogP contribution in [0.3, 0.4) is 0 Å². The van der Waals surface area contributed by atoms with Crippen LogP contribution in [0.25, 0.3) is 6.08 Å². The number of carbonyl (C=O) groups is 1. The zero-order valence-corrected chi connectivity index (χ0v) is 12.4. The Balaban J connectivity index is 1.64. The maximum atomic E-state index is 12.2. The normalized spacial score (nSPS) is 19.6. The maximum Gasteiger partial charge on any atom is 0.253 e. The van der Waals surface area contributed by atoms with Crippen molar-refractivity contribution >= 4 is 12.0 Å². The van der Waals surface area contributed by atoms with Crippen LogP contribution < -0.4 is 15.9 Å². The highest BCUT2D eigenvalue weighted by molar-refractivity contribution is 5.86. The fraction of sp³-hybridized carbons (Fsp3) is 0.263. The highest BCUT2D eigenvalue weighted by Gasteiger charge is 2.19. The van der Waals surface area contributed by atoms with Crippen molar-refractivity contribution in [1.29, 1.82) is 0 Å². The molecule has 1 N–H and O–H groups in total. The van der Waals surface area contributed by atoms with Crippen LogP contribution in [0.1, 0.15) is 16.7 Å². The van der Waals surface area contributed by atoms with E-state index in [4.69, 9.17) is 0 Å². The number of rotatable bonds is 2. The van der Waals surface area contributed by atoms with Crippen LogP contribution in [0.4, 0.5) is 0 Å². The number of benzene rings is 2. The summed E-state index contributed by atoms with van der Waals surface area (Å²) in [6.45, 7) is 1.99. The van der Waals surface area contributed by atoms with Crippen LogP contribution >= 0.6 is 0 Å². The predicted octanol–water partition coefficient (Wildman–Crippen LogP) is 1.13. The Morgan fingerprint density at radius 2 is 2.05 bits per heavy atom. The summed E-state index contributed by atoms with van der Waals surface area (Å²) in [4.78, 5) is 16.5. The van der Waals surface area contributed by atoms with E-state index in [0.717, 1.165) is 36.5 Å². The molecule has 110 valence electrons. The van der Waals surface area contributed by atoms with E-state index in [9.17, 15) is 4.79 Å². The van der Waals surface area contributed by atoms with Gasteiger partial charge in [-0.1, -0.05) is 42.5 Å². The molecule has 0 saturated carbocycles. The van der Waals surface area contributed by atoms with Gasteiger partial charge in [0.1, 0.15) is 0 Å². The highest BCUT2D eigenvalue weighted by Crippen LogP contribution is 2.19. The van der Waals surface area contributed by atoms with Crippen LogP contribution in [0.2, 0.25) is 0 Å². The van der Waals surface area contributed by atoms with Gasteiger partial charge in [-0.2, -0.15) is 0 Å². The lowest BCUT2D eigenvalue weighted by Gasteiger charge is -2.19. The number of hydrogen-bond donors (Lipinski definition) is 1. The molecule has 2 aromatic rings. The molecule has 2 aliphatic heterocycles. The molecular weight excluding hydrogens is 272 g/mol. The fourth-order valence-electron chi connectivity index (χ4n) is 3.28. The summed E-state index contributed by atoms with van der Waals surface area (Å²) < 4.78 is 0. The molecule has 0 aromatic heterocycles. The van der Waals surface area contributed by atoms with Gasteiger partial charge in [0.05, 0.1) is 11.3 Å². The quantitative estimate of drug-likeness (QED) is 0.901. The summed E-state index contributed by atoms with van der Waals surface area (Å²) in [6.07, 6.45) is 3.86. The first kappa shape index (κ1) is 13.4. The van der Waals surface area contributed by atoms with E-state index in [0.29, 0.717) is 0 Å². The van der Waals surface area contributed by atoms with Gasteiger partial charge in [-0.25, -0.2) is 4.99 Å². The summed E-state index contributed by atoms with van der Waals surface area (Å²) in [5, 5.41) is 5.24. The Bertz CT molecular complexity index is 854.